The monoisotopic (exact) mass is 502 g/mol. The van der Waals surface area contributed by atoms with Crippen molar-refractivity contribution in [1.82, 2.24) is 8.80 Å². The Morgan fingerprint density at radius 3 is 2.10 bits per heavy atom. The number of rotatable bonds is 5. The lowest BCUT2D eigenvalue weighted by Gasteiger charge is -2.12. The van der Waals surface area contributed by atoms with Gasteiger partial charge in [-0.05, 0) is 53.5 Å². The quantitative estimate of drug-likeness (QED) is 0.216. The fourth-order valence-electron chi connectivity index (χ4n) is 5.84. The van der Waals surface area contributed by atoms with Crippen molar-refractivity contribution < 1.29 is 0 Å². The Balaban J connectivity index is 1.75. The van der Waals surface area contributed by atoms with E-state index in [4.69, 9.17) is 0 Å². The Hall–Kier alpha value is -5.15. The van der Waals surface area contributed by atoms with Crippen LogP contribution in [-0.2, 0) is 0 Å². The average Bonchev–Trinajstić information content (AvgIpc) is 3.51. The molecule has 0 aliphatic carbocycles. The van der Waals surface area contributed by atoms with E-state index < -0.39 is 0 Å². The summed E-state index contributed by atoms with van der Waals surface area (Å²) < 4.78 is 4.15. The van der Waals surface area contributed by atoms with Crippen LogP contribution in [0, 0.1) is 0 Å². The number of benzene rings is 4. The van der Waals surface area contributed by atoms with Gasteiger partial charge in [0, 0.05) is 16.3 Å². The van der Waals surface area contributed by atoms with Crippen LogP contribution < -0.4 is 5.56 Å². The summed E-state index contributed by atoms with van der Waals surface area (Å²) in [6.07, 6.45) is 8.09. The molecule has 0 saturated carbocycles. The van der Waals surface area contributed by atoms with E-state index in [0.717, 1.165) is 61.0 Å². The summed E-state index contributed by atoms with van der Waals surface area (Å²) >= 11 is 0. The molecular formula is C36H26N2O. The number of allylic oxidation sites excluding steroid dienone is 5. The minimum Gasteiger partial charge on any atom is -0.293 e. The zero-order valence-electron chi connectivity index (χ0n) is 21.6. The highest BCUT2D eigenvalue weighted by Crippen LogP contribution is 2.44. The smallest absolute Gasteiger partial charge is 0.266 e. The molecule has 0 aliphatic heterocycles. The van der Waals surface area contributed by atoms with Crippen molar-refractivity contribution in [3.8, 4) is 22.4 Å². The fourth-order valence-corrected chi connectivity index (χ4v) is 5.84. The van der Waals surface area contributed by atoms with Gasteiger partial charge in [-0.15, -0.1) is 0 Å². The molecule has 0 aliphatic rings. The normalized spacial score (nSPS) is 12.2. The minimum atomic E-state index is -0.00991. The SMILES string of the molecule is C=C(/C=C\C=C/C)c1c(-c2ccccc2)n2c3ccccc3c(=O)n3c4ccc(-c5ccccc5)cc4c1c23. The first-order valence-electron chi connectivity index (χ1n) is 13.2. The van der Waals surface area contributed by atoms with Crippen molar-refractivity contribution >= 4 is 38.4 Å². The van der Waals surface area contributed by atoms with Gasteiger partial charge in [0.1, 0.15) is 5.65 Å². The highest BCUT2D eigenvalue weighted by atomic mass is 16.1. The molecule has 3 aromatic heterocycles. The van der Waals surface area contributed by atoms with Crippen molar-refractivity contribution in [3.63, 3.8) is 0 Å². The molecule has 0 spiro atoms. The van der Waals surface area contributed by atoms with Gasteiger partial charge in [-0.3, -0.25) is 13.6 Å². The highest BCUT2D eigenvalue weighted by molar-refractivity contribution is 6.18. The predicted octanol–water partition coefficient (Wildman–Crippen LogP) is 8.78. The molecule has 3 heterocycles. The Labute approximate surface area is 226 Å². The van der Waals surface area contributed by atoms with Crippen molar-refractivity contribution in [3.05, 3.63) is 150 Å². The molecule has 0 fully saturated rings. The number of fused-ring (bicyclic) bond motifs is 5. The maximum absolute atomic E-state index is 14.1. The van der Waals surface area contributed by atoms with Gasteiger partial charge in [-0.2, -0.15) is 0 Å². The van der Waals surface area contributed by atoms with Crippen LogP contribution in [-0.4, -0.2) is 8.80 Å². The molecule has 0 saturated heterocycles. The Morgan fingerprint density at radius 1 is 0.692 bits per heavy atom. The number of aromatic nitrogens is 2. The summed E-state index contributed by atoms with van der Waals surface area (Å²) in [6.45, 7) is 6.55. The summed E-state index contributed by atoms with van der Waals surface area (Å²) in [4.78, 5) is 14.1. The van der Waals surface area contributed by atoms with E-state index in [1.165, 1.54) is 0 Å². The van der Waals surface area contributed by atoms with Crippen LogP contribution in [0.2, 0.25) is 0 Å². The van der Waals surface area contributed by atoms with E-state index in [1.807, 2.05) is 66.0 Å². The molecule has 0 bridgehead atoms. The van der Waals surface area contributed by atoms with Gasteiger partial charge in [0.2, 0.25) is 0 Å². The van der Waals surface area contributed by atoms with Crippen LogP contribution in [0.25, 0.3) is 60.8 Å². The summed E-state index contributed by atoms with van der Waals surface area (Å²) in [5, 5.41) is 2.77. The maximum atomic E-state index is 14.1. The van der Waals surface area contributed by atoms with Gasteiger partial charge in [0.15, 0.2) is 0 Å². The third-order valence-electron chi connectivity index (χ3n) is 7.52. The fraction of sp³-hybridized carbons (Fsp3) is 0.0278. The van der Waals surface area contributed by atoms with Crippen LogP contribution in [0.3, 0.4) is 0 Å². The summed E-state index contributed by atoms with van der Waals surface area (Å²) in [7, 11) is 0. The van der Waals surface area contributed by atoms with E-state index in [2.05, 4.69) is 83.8 Å². The topological polar surface area (TPSA) is 25.9 Å². The zero-order chi connectivity index (χ0) is 26.5. The van der Waals surface area contributed by atoms with Gasteiger partial charge in [0.05, 0.1) is 22.1 Å². The molecule has 0 N–H and O–H groups in total. The molecule has 7 aromatic rings. The first-order chi connectivity index (χ1) is 19.2. The Kier molecular flexibility index (Phi) is 5.31. The van der Waals surface area contributed by atoms with Gasteiger partial charge in [-0.1, -0.05) is 110 Å². The number of hydrogen-bond donors (Lipinski definition) is 0. The van der Waals surface area contributed by atoms with Crippen LogP contribution in [0.5, 0.6) is 0 Å². The van der Waals surface area contributed by atoms with E-state index in [-0.39, 0.29) is 5.56 Å². The third kappa shape index (κ3) is 3.40. The molecule has 0 atom stereocenters. The minimum absolute atomic E-state index is 0.00991. The molecule has 7 rings (SSSR count). The molecular weight excluding hydrogens is 476 g/mol. The highest BCUT2D eigenvalue weighted by Gasteiger charge is 2.27. The second kappa shape index (κ2) is 9.00. The number of para-hydroxylation sites is 1. The zero-order valence-corrected chi connectivity index (χ0v) is 21.6. The summed E-state index contributed by atoms with van der Waals surface area (Å²) in [5.41, 5.74) is 8.96. The Bertz CT molecular complexity index is 2140. The van der Waals surface area contributed by atoms with Crippen LogP contribution >= 0.6 is 0 Å². The second-order valence-corrected chi connectivity index (χ2v) is 9.79. The molecule has 4 aromatic carbocycles. The van der Waals surface area contributed by atoms with Crippen molar-refractivity contribution in [1.29, 1.82) is 0 Å². The number of hydrogen-bond acceptors (Lipinski definition) is 1. The standard InChI is InChI=1S/C36H26N2O/c1-3-4-7-14-24(2)32-33-29-23-27(25-15-8-5-9-16-25)21-22-31(29)38-35(33)37(34(32)26-17-10-6-11-18-26)30-20-13-12-19-28(30)36(38)39/h3-23H,2H2,1H3/b4-3-,14-7-. The van der Waals surface area contributed by atoms with E-state index in [0.29, 0.717) is 5.39 Å². The second-order valence-electron chi connectivity index (χ2n) is 9.79. The summed E-state index contributed by atoms with van der Waals surface area (Å²) in [6, 6.07) is 35.1. The Morgan fingerprint density at radius 2 is 1.36 bits per heavy atom. The van der Waals surface area contributed by atoms with E-state index >= 15 is 0 Å². The lowest BCUT2D eigenvalue weighted by atomic mass is 9.96. The summed E-state index contributed by atoms with van der Waals surface area (Å²) in [5.74, 6) is 0. The maximum Gasteiger partial charge on any atom is 0.266 e. The average molecular weight is 503 g/mol. The van der Waals surface area contributed by atoms with Crippen LogP contribution in [0.4, 0.5) is 0 Å². The largest absolute Gasteiger partial charge is 0.293 e. The van der Waals surface area contributed by atoms with Crippen molar-refractivity contribution in [2.75, 3.05) is 0 Å². The van der Waals surface area contributed by atoms with Crippen molar-refractivity contribution in [2.45, 2.75) is 6.92 Å². The van der Waals surface area contributed by atoms with E-state index in [9.17, 15) is 4.79 Å². The molecule has 3 heteroatoms. The lowest BCUT2D eigenvalue weighted by Crippen LogP contribution is -2.15. The molecule has 0 unspecified atom stereocenters. The van der Waals surface area contributed by atoms with Crippen LogP contribution in [0.15, 0.2) is 139 Å². The van der Waals surface area contributed by atoms with Gasteiger partial charge < -0.3 is 0 Å². The number of nitrogens with zero attached hydrogens (tertiary/aromatic N) is 2. The van der Waals surface area contributed by atoms with Gasteiger partial charge in [0.25, 0.3) is 5.56 Å². The molecule has 3 nitrogen and oxygen atoms in total. The van der Waals surface area contributed by atoms with Gasteiger partial charge in [-0.25, -0.2) is 0 Å². The predicted molar refractivity (Wildman–Crippen MR) is 165 cm³/mol. The first-order valence-corrected chi connectivity index (χ1v) is 13.2. The molecule has 0 radical (unpaired) electrons. The van der Waals surface area contributed by atoms with Gasteiger partial charge >= 0.3 is 0 Å². The molecule has 0 amide bonds. The van der Waals surface area contributed by atoms with Crippen LogP contribution in [0.1, 0.15) is 12.5 Å². The lowest BCUT2D eigenvalue weighted by molar-refractivity contribution is 1.10. The van der Waals surface area contributed by atoms with Crippen molar-refractivity contribution in [2.24, 2.45) is 0 Å². The first kappa shape index (κ1) is 23.0. The third-order valence-corrected chi connectivity index (χ3v) is 7.52. The molecule has 186 valence electrons. The molecule has 39 heavy (non-hydrogen) atoms. The van der Waals surface area contributed by atoms with E-state index in [1.54, 1.807) is 0 Å².